The van der Waals surface area contributed by atoms with E-state index in [0.717, 1.165) is 17.8 Å². The molecule has 2 saturated carbocycles. The molecule has 2 aliphatic carbocycles. The summed E-state index contributed by atoms with van der Waals surface area (Å²) in [5.74, 6) is 2.70. The van der Waals surface area contributed by atoms with E-state index in [-0.39, 0.29) is 0 Å². The van der Waals surface area contributed by atoms with Crippen molar-refractivity contribution in [2.24, 2.45) is 23.2 Å². The third kappa shape index (κ3) is 4.50. The van der Waals surface area contributed by atoms with Gasteiger partial charge in [-0.05, 0) is 68.1 Å². The third-order valence-corrected chi connectivity index (χ3v) is 5.79. The molecule has 0 amide bonds. The van der Waals surface area contributed by atoms with Crippen molar-refractivity contribution in [1.29, 1.82) is 0 Å². The average molecular weight is 274 g/mol. The van der Waals surface area contributed by atoms with Crippen molar-refractivity contribution in [3.05, 3.63) is 24.3 Å². The van der Waals surface area contributed by atoms with Crippen molar-refractivity contribution in [2.75, 3.05) is 0 Å². The summed E-state index contributed by atoms with van der Waals surface area (Å²) in [5.41, 5.74) is 2.34. The summed E-state index contributed by atoms with van der Waals surface area (Å²) in [6.07, 6.45) is 17.2. The van der Waals surface area contributed by atoms with Gasteiger partial charge in [-0.15, -0.1) is 6.58 Å². The van der Waals surface area contributed by atoms with E-state index in [9.17, 15) is 0 Å². The maximum atomic E-state index is 3.89. The maximum Gasteiger partial charge on any atom is -0.0259 e. The molecule has 0 heterocycles. The van der Waals surface area contributed by atoms with Crippen molar-refractivity contribution in [3.63, 3.8) is 0 Å². The first-order chi connectivity index (χ1) is 9.53. The van der Waals surface area contributed by atoms with Crippen molar-refractivity contribution >= 4 is 0 Å². The number of allylic oxidation sites excluding steroid dienone is 3. The predicted octanol–water partition coefficient (Wildman–Crippen LogP) is 6.53. The molecule has 0 aliphatic heterocycles. The fourth-order valence-electron chi connectivity index (χ4n) is 3.74. The minimum atomic E-state index is 0.614. The molecule has 0 spiro atoms. The summed E-state index contributed by atoms with van der Waals surface area (Å²) >= 11 is 0. The summed E-state index contributed by atoms with van der Waals surface area (Å²) in [6, 6.07) is 0. The fourth-order valence-corrected chi connectivity index (χ4v) is 3.74. The Kier molecular flexibility index (Phi) is 5.52. The van der Waals surface area contributed by atoms with E-state index in [1.165, 1.54) is 57.8 Å². The van der Waals surface area contributed by atoms with Gasteiger partial charge in [0.25, 0.3) is 0 Å². The Balaban J connectivity index is 1.57. The molecule has 0 aromatic heterocycles. The van der Waals surface area contributed by atoms with Gasteiger partial charge in [0.05, 0.1) is 0 Å². The number of hydrogen-bond donors (Lipinski definition) is 0. The SMILES string of the molecule is C=CCC1(C)CC1CCC(C)CCC(C)C=C1CCC1. The Morgan fingerprint density at radius 2 is 2.00 bits per heavy atom. The smallest absolute Gasteiger partial charge is 0.0259 e. The molecule has 0 N–H and O–H groups in total. The topological polar surface area (TPSA) is 0 Å². The van der Waals surface area contributed by atoms with Gasteiger partial charge in [0.2, 0.25) is 0 Å². The molecular weight excluding hydrogens is 240 g/mol. The second-order valence-electron chi connectivity index (χ2n) is 7.96. The lowest BCUT2D eigenvalue weighted by atomic mass is 9.87. The van der Waals surface area contributed by atoms with Gasteiger partial charge in [-0.3, -0.25) is 0 Å². The van der Waals surface area contributed by atoms with E-state index in [2.05, 4.69) is 39.5 Å². The van der Waals surface area contributed by atoms with Crippen LogP contribution in [0, 0.1) is 23.2 Å². The van der Waals surface area contributed by atoms with Crippen LogP contribution in [-0.4, -0.2) is 0 Å². The largest absolute Gasteiger partial charge is 0.103 e. The molecular formula is C20H34. The first-order valence-electron chi connectivity index (χ1n) is 8.84. The van der Waals surface area contributed by atoms with Gasteiger partial charge in [-0.25, -0.2) is 0 Å². The summed E-state index contributed by atoms with van der Waals surface area (Å²) < 4.78 is 0. The highest BCUT2D eigenvalue weighted by molar-refractivity contribution is 5.10. The monoisotopic (exact) mass is 274 g/mol. The normalized spacial score (nSPS) is 31.4. The van der Waals surface area contributed by atoms with E-state index in [1.54, 1.807) is 5.57 Å². The van der Waals surface area contributed by atoms with Gasteiger partial charge in [0.1, 0.15) is 0 Å². The van der Waals surface area contributed by atoms with Gasteiger partial charge in [0, 0.05) is 0 Å². The zero-order valence-corrected chi connectivity index (χ0v) is 14.0. The number of rotatable bonds is 9. The Bertz CT molecular complexity index is 345. The lowest BCUT2D eigenvalue weighted by Crippen LogP contribution is -2.04. The van der Waals surface area contributed by atoms with Gasteiger partial charge < -0.3 is 0 Å². The summed E-state index contributed by atoms with van der Waals surface area (Å²) in [4.78, 5) is 0. The lowest BCUT2D eigenvalue weighted by Gasteiger charge is -2.19. The van der Waals surface area contributed by atoms with Crippen LogP contribution in [0.1, 0.15) is 78.6 Å². The van der Waals surface area contributed by atoms with E-state index in [1.807, 2.05) is 0 Å². The van der Waals surface area contributed by atoms with E-state index < -0.39 is 0 Å². The Labute approximate surface area is 126 Å². The maximum absolute atomic E-state index is 3.89. The van der Waals surface area contributed by atoms with Crippen molar-refractivity contribution in [1.82, 2.24) is 0 Å². The van der Waals surface area contributed by atoms with Crippen LogP contribution in [0.15, 0.2) is 24.3 Å². The standard InChI is InChI=1S/C20H34/c1-5-13-20(4)15-19(20)12-11-16(2)9-10-17(3)14-18-7-6-8-18/h5,14,16-17,19H,1,6-13,15H2,2-4H3. The van der Waals surface area contributed by atoms with Crippen molar-refractivity contribution < 1.29 is 0 Å². The van der Waals surface area contributed by atoms with Crippen LogP contribution in [0.4, 0.5) is 0 Å². The molecule has 4 atom stereocenters. The van der Waals surface area contributed by atoms with Gasteiger partial charge in [-0.1, -0.05) is 51.3 Å². The molecule has 114 valence electrons. The molecule has 0 radical (unpaired) electrons. The molecule has 2 fully saturated rings. The van der Waals surface area contributed by atoms with Gasteiger partial charge in [0.15, 0.2) is 0 Å². The molecule has 0 saturated heterocycles. The van der Waals surface area contributed by atoms with Gasteiger partial charge >= 0.3 is 0 Å². The Morgan fingerprint density at radius 3 is 2.60 bits per heavy atom. The van der Waals surface area contributed by atoms with Crippen molar-refractivity contribution in [2.45, 2.75) is 78.6 Å². The van der Waals surface area contributed by atoms with Crippen LogP contribution in [0.2, 0.25) is 0 Å². The Morgan fingerprint density at radius 1 is 1.25 bits per heavy atom. The zero-order valence-electron chi connectivity index (χ0n) is 14.0. The van der Waals surface area contributed by atoms with Crippen LogP contribution < -0.4 is 0 Å². The van der Waals surface area contributed by atoms with Crippen LogP contribution >= 0.6 is 0 Å². The average Bonchev–Trinajstić information content (AvgIpc) is 3.00. The van der Waals surface area contributed by atoms with Crippen LogP contribution in [0.5, 0.6) is 0 Å². The zero-order chi connectivity index (χ0) is 14.6. The highest BCUT2D eigenvalue weighted by atomic mass is 14.5. The van der Waals surface area contributed by atoms with Crippen molar-refractivity contribution in [3.8, 4) is 0 Å². The van der Waals surface area contributed by atoms with Crippen LogP contribution in [-0.2, 0) is 0 Å². The molecule has 0 aromatic rings. The minimum Gasteiger partial charge on any atom is -0.103 e. The molecule has 20 heavy (non-hydrogen) atoms. The first-order valence-corrected chi connectivity index (χ1v) is 8.84. The van der Waals surface area contributed by atoms with Gasteiger partial charge in [-0.2, -0.15) is 0 Å². The quantitative estimate of drug-likeness (QED) is 0.419. The summed E-state index contributed by atoms with van der Waals surface area (Å²) in [6.45, 7) is 11.2. The summed E-state index contributed by atoms with van der Waals surface area (Å²) in [5, 5.41) is 0. The van der Waals surface area contributed by atoms with Crippen LogP contribution in [0.25, 0.3) is 0 Å². The first kappa shape index (κ1) is 15.9. The second-order valence-corrected chi connectivity index (χ2v) is 7.96. The molecule has 2 aliphatic rings. The van der Waals surface area contributed by atoms with Crippen LogP contribution in [0.3, 0.4) is 0 Å². The highest BCUT2D eigenvalue weighted by Gasteiger charge is 2.47. The molecule has 0 heteroatoms. The lowest BCUT2D eigenvalue weighted by molar-refractivity contribution is 0.396. The molecule has 0 aromatic carbocycles. The third-order valence-electron chi connectivity index (χ3n) is 5.79. The highest BCUT2D eigenvalue weighted by Crippen LogP contribution is 2.57. The summed E-state index contributed by atoms with van der Waals surface area (Å²) in [7, 11) is 0. The molecule has 2 rings (SSSR count). The van der Waals surface area contributed by atoms with E-state index in [4.69, 9.17) is 0 Å². The van der Waals surface area contributed by atoms with E-state index in [0.29, 0.717) is 5.41 Å². The van der Waals surface area contributed by atoms with E-state index >= 15 is 0 Å². The Hall–Kier alpha value is -0.520. The second kappa shape index (κ2) is 6.96. The molecule has 0 bridgehead atoms. The fraction of sp³-hybridized carbons (Fsp3) is 0.800. The molecule has 4 unspecified atom stereocenters. The minimum absolute atomic E-state index is 0.614. The number of hydrogen-bond acceptors (Lipinski definition) is 0. The molecule has 0 nitrogen and oxygen atoms in total. The predicted molar refractivity (Wildman–Crippen MR) is 89.8 cm³/mol.